The van der Waals surface area contributed by atoms with Gasteiger partial charge < -0.3 is 15.3 Å². The molecule has 1 heterocycles. The first-order chi connectivity index (χ1) is 9.53. The molecule has 0 saturated heterocycles. The molecule has 1 atom stereocenters. The van der Waals surface area contributed by atoms with Crippen molar-refractivity contribution in [2.24, 2.45) is 0 Å². The lowest BCUT2D eigenvalue weighted by molar-refractivity contribution is 0.143. The molecule has 1 aliphatic carbocycles. The van der Waals surface area contributed by atoms with Gasteiger partial charge in [-0.1, -0.05) is 18.9 Å². The lowest BCUT2D eigenvalue weighted by Gasteiger charge is -2.29. The molecular formula is C15H24N2O2S. The van der Waals surface area contributed by atoms with Crippen molar-refractivity contribution in [3.8, 4) is 0 Å². The minimum atomic E-state index is -0.497. The topological polar surface area (TPSA) is 52.6 Å². The number of nitrogens with one attached hydrogen (secondary N) is 1. The normalized spacial score (nSPS) is 18.8. The van der Waals surface area contributed by atoms with E-state index in [9.17, 15) is 9.90 Å². The Morgan fingerprint density at radius 1 is 1.55 bits per heavy atom. The van der Waals surface area contributed by atoms with Crippen LogP contribution in [0.15, 0.2) is 17.5 Å². The highest BCUT2D eigenvalue weighted by Crippen LogP contribution is 2.42. The Balaban J connectivity index is 1.95. The van der Waals surface area contributed by atoms with E-state index in [0.717, 1.165) is 12.8 Å². The number of amides is 2. The molecule has 0 radical (unpaired) electrons. The Labute approximate surface area is 124 Å². The first-order valence-corrected chi connectivity index (χ1v) is 8.12. The van der Waals surface area contributed by atoms with Crippen molar-refractivity contribution in [2.75, 3.05) is 20.1 Å². The number of carbonyl (C=O) groups excluding carboxylic acids is 1. The standard InChI is InChI=1S/C15H24N2O2S/c1-12(18)10-17(2)14(19)16-11-15(7-3-4-8-15)13-6-5-9-20-13/h5-6,9,12,18H,3-4,7-8,10-11H2,1-2H3,(H,16,19)/t12-/m1/s1. The summed E-state index contributed by atoms with van der Waals surface area (Å²) in [4.78, 5) is 15.0. The van der Waals surface area contributed by atoms with E-state index in [-0.39, 0.29) is 11.4 Å². The van der Waals surface area contributed by atoms with Gasteiger partial charge in [0.1, 0.15) is 0 Å². The summed E-state index contributed by atoms with van der Waals surface area (Å²) in [5.74, 6) is 0. The number of thiophene rings is 1. The van der Waals surface area contributed by atoms with E-state index >= 15 is 0 Å². The first-order valence-electron chi connectivity index (χ1n) is 7.24. The van der Waals surface area contributed by atoms with Crippen molar-refractivity contribution in [3.05, 3.63) is 22.4 Å². The lowest BCUT2D eigenvalue weighted by Crippen LogP contribution is -2.45. The average molecular weight is 296 g/mol. The Morgan fingerprint density at radius 2 is 2.25 bits per heavy atom. The SMILES string of the molecule is C[C@@H](O)CN(C)C(=O)NCC1(c2cccs2)CCCC1. The first kappa shape index (κ1) is 15.3. The number of carbonyl (C=O) groups is 1. The molecule has 1 aliphatic rings. The second-order valence-corrected chi connectivity index (χ2v) is 6.80. The molecule has 0 aliphatic heterocycles. The number of hydrogen-bond acceptors (Lipinski definition) is 3. The van der Waals surface area contributed by atoms with Gasteiger partial charge in [0.25, 0.3) is 0 Å². The summed E-state index contributed by atoms with van der Waals surface area (Å²) in [6.07, 6.45) is 4.26. The summed E-state index contributed by atoms with van der Waals surface area (Å²) in [6.45, 7) is 2.74. The molecule has 4 nitrogen and oxygen atoms in total. The van der Waals surface area contributed by atoms with Gasteiger partial charge in [0.05, 0.1) is 6.10 Å². The number of hydrogen-bond donors (Lipinski definition) is 2. The van der Waals surface area contributed by atoms with Crippen LogP contribution >= 0.6 is 11.3 Å². The minimum absolute atomic E-state index is 0.103. The smallest absolute Gasteiger partial charge is 0.317 e. The summed E-state index contributed by atoms with van der Waals surface area (Å²) in [5.41, 5.74) is 0.121. The summed E-state index contributed by atoms with van der Waals surface area (Å²) < 4.78 is 0. The van der Waals surface area contributed by atoms with Crippen molar-refractivity contribution in [1.29, 1.82) is 0 Å². The Hall–Kier alpha value is -1.07. The maximum Gasteiger partial charge on any atom is 0.317 e. The van der Waals surface area contributed by atoms with E-state index in [1.807, 2.05) is 0 Å². The highest BCUT2D eigenvalue weighted by atomic mass is 32.1. The van der Waals surface area contributed by atoms with Crippen molar-refractivity contribution >= 4 is 17.4 Å². The number of rotatable bonds is 5. The van der Waals surface area contributed by atoms with Crippen molar-refractivity contribution in [1.82, 2.24) is 10.2 Å². The summed E-state index contributed by atoms with van der Waals surface area (Å²) in [5, 5.41) is 14.5. The van der Waals surface area contributed by atoms with Crippen LogP contribution in [0.25, 0.3) is 0 Å². The van der Waals surface area contributed by atoms with Crippen LogP contribution in [0.3, 0.4) is 0 Å². The fraction of sp³-hybridized carbons (Fsp3) is 0.667. The third kappa shape index (κ3) is 3.52. The highest BCUT2D eigenvalue weighted by molar-refractivity contribution is 7.10. The number of aliphatic hydroxyl groups is 1. The van der Waals surface area contributed by atoms with Crippen molar-refractivity contribution < 1.29 is 9.90 Å². The van der Waals surface area contributed by atoms with Crippen LogP contribution in [0.1, 0.15) is 37.5 Å². The van der Waals surface area contributed by atoms with E-state index in [4.69, 9.17) is 0 Å². The van der Waals surface area contributed by atoms with Gasteiger partial charge in [-0.2, -0.15) is 0 Å². The highest BCUT2D eigenvalue weighted by Gasteiger charge is 2.36. The van der Waals surface area contributed by atoms with Gasteiger partial charge >= 0.3 is 6.03 Å². The van der Waals surface area contributed by atoms with E-state index < -0.39 is 6.10 Å². The molecule has 2 rings (SSSR count). The molecule has 112 valence electrons. The quantitative estimate of drug-likeness (QED) is 0.877. The van der Waals surface area contributed by atoms with E-state index in [2.05, 4.69) is 22.8 Å². The van der Waals surface area contributed by atoms with E-state index in [1.54, 1.807) is 30.2 Å². The van der Waals surface area contributed by atoms with Gasteiger partial charge in [-0.05, 0) is 31.2 Å². The van der Waals surface area contributed by atoms with Gasteiger partial charge in [0.15, 0.2) is 0 Å². The van der Waals surface area contributed by atoms with Crippen LogP contribution in [-0.4, -0.2) is 42.3 Å². The lowest BCUT2D eigenvalue weighted by atomic mass is 9.84. The zero-order valence-corrected chi connectivity index (χ0v) is 13.1. The zero-order chi connectivity index (χ0) is 14.6. The number of nitrogens with zero attached hydrogens (tertiary/aromatic N) is 1. The third-order valence-electron chi connectivity index (χ3n) is 4.07. The monoisotopic (exact) mass is 296 g/mol. The van der Waals surface area contributed by atoms with Gasteiger partial charge in [0.2, 0.25) is 0 Å². The van der Waals surface area contributed by atoms with E-state index in [1.165, 1.54) is 17.7 Å². The van der Waals surface area contributed by atoms with Gasteiger partial charge in [0, 0.05) is 30.4 Å². The minimum Gasteiger partial charge on any atom is -0.392 e. The number of likely N-dealkylation sites (N-methyl/N-ethyl adjacent to an activating group) is 1. The van der Waals surface area contributed by atoms with Crippen LogP contribution in [0, 0.1) is 0 Å². The van der Waals surface area contributed by atoms with E-state index in [0.29, 0.717) is 13.1 Å². The molecule has 2 N–H and O–H groups in total. The second kappa shape index (κ2) is 6.59. The molecule has 1 aromatic heterocycles. The van der Waals surface area contributed by atoms with Crippen molar-refractivity contribution in [2.45, 2.75) is 44.1 Å². The molecule has 1 saturated carbocycles. The fourth-order valence-corrected chi connectivity index (χ4v) is 3.99. The molecule has 20 heavy (non-hydrogen) atoms. The largest absolute Gasteiger partial charge is 0.392 e. The van der Waals surface area contributed by atoms with Crippen molar-refractivity contribution in [3.63, 3.8) is 0 Å². The Morgan fingerprint density at radius 3 is 2.80 bits per heavy atom. The fourth-order valence-electron chi connectivity index (χ4n) is 3.00. The number of urea groups is 1. The molecule has 0 aromatic carbocycles. The molecular weight excluding hydrogens is 272 g/mol. The molecule has 1 aromatic rings. The summed E-state index contributed by atoms with van der Waals surface area (Å²) >= 11 is 1.78. The maximum absolute atomic E-state index is 12.1. The summed E-state index contributed by atoms with van der Waals surface area (Å²) in [7, 11) is 1.72. The van der Waals surface area contributed by atoms with Crippen LogP contribution in [0.2, 0.25) is 0 Å². The molecule has 0 bridgehead atoms. The predicted octanol–water partition coefficient (Wildman–Crippen LogP) is 2.58. The van der Waals surface area contributed by atoms with Crippen LogP contribution in [0.4, 0.5) is 4.79 Å². The molecule has 0 unspecified atom stereocenters. The maximum atomic E-state index is 12.1. The second-order valence-electron chi connectivity index (χ2n) is 5.85. The molecule has 5 heteroatoms. The zero-order valence-electron chi connectivity index (χ0n) is 12.3. The number of aliphatic hydroxyl groups excluding tert-OH is 1. The summed E-state index contributed by atoms with van der Waals surface area (Å²) in [6, 6.07) is 4.16. The predicted molar refractivity (Wildman–Crippen MR) is 82.2 cm³/mol. The van der Waals surface area contributed by atoms with Crippen LogP contribution < -0.4 is 5.32 Å². The Bertz CT molecular complexity index is 425. The van der Waals surface area contributed by atoms with Gasteiger partial charge in [-0.25, -0.2) is 4.79 Å². The molecule has 2 amide bonds. The molecule has 0 spiro atoms. The van der Waals surface area contributed by atoms with Crippen LogP contribution in [0.5, 0.6) is 0 Å². The average Bonchev–Trinajstić information content (AvgIpc) is 3.06. The third-order valence-corrected chi connectivity index (χ3v) is 5.18. The Kier molecular flexibility index (Phi) is 5.05. The van der Waals surface area contributed by atoms with Crippen LogP contribution in [-0.2, 0) is 5.41 Å². The van der Waals surface area contributed by atoms with Gasteiger partial charge in [-0.3, -0.25) is 0 Å². The van der Waals surface area contributed by atoms with Gasteiger partial charge in [-0.15, -0.1) is 11.3 Å². The molecule has 1 fully saturated rings.